The molecule has 0 aliphatic rings. The molecule has 1 heterocycles. The number of hydrogen-bond acceptors (Lipinski definition) is 4. The Morgan fingerprint density at radius 2 is 2.04 bits per heavy atom. The van der Waals surface area contributed by atoms with Crippen molar-refractivity contribution in [3.05, 3.63) is 58.8 Å². The van der Waals surface area contributed by atoms with Crippen molar-refractivity contribution in [3.63, 3.8) is 0 Å². The molecule has 120 valence electrons. The van der Waals surface area contributed by atoms with Crippen molar-refractivity contribution in [2.45, 2.75) is 6.18 Å². The number of alkyl halides is 3. The molecular formula is C15H6F4N4O. The number of nitrogens with zero attached hydrogens (tertiary/aromatic N) is 4. The van der Waals surface area contributed by atoms with Crippen molar-refractivity contribution >= 4 is 17.2 Å². The molecule has 0 bridgehead atoms. The van der Waals surface area contributed by atoms with Gasteiger partial charge in [0.1, 0.15) is 18.1 Å². The maximum atomic E-state index is 13.3. The summed E-state index contributed by atoms with van der Waals surface area (Å²) in [5.41, 5.74) is -2.47. The summed E-state index contributed by atoms with van der Waals surface area (Å²) in [6.45, 7) is 6.83. The van der Waals surface area contributed by atoms with Crippen LogP contribution in [-0.4, -0.2) is 15.8 Å². The van der Waals surface area contributed by atoms with Gasteiger partial charge in [-0.1, -0.05) is 6.57 Å². The van der Waals surface area contributed by atoms with Crippen LogP contribution in [0, 0.1) is 23.7 Å². The van der Waals surface area contributed by atoms with E-state index in [2.05, 4.69) is 14.8 Å². The van der Waals surface area contributed by atoms with Crippen molar-refractivity contribution < 1.29 is 22.7 Å². The molecule has 0 unspecified atom stereocenters. The number of pyridine rings is 1. The molecule has 0 atom stereocenters. The van der Waals surface area contributed by atoms with Crippen molar-refractivity contribution in [1.82, 2.24) is 4.98 Å². The summed E-state index contributed by atoms with van der Waals surface area (Å²) in [4.78, 5) is 10.2. The molecule has 0 aliphatic carbocycles. The number of benzene rings is 1. The van der Waals surface area contributed by atoms with Gasteiger partial charge in [-0.2, -0.15) is 18.4 Å². The van der Waals surface area contributed by atoms with Crippen LogP contribution < -0.4 is 0 Å². The fourth-order valence-corrected chi connectivity index (χ4v) is 1.79. The van der Waals surface area contributed by atoms with E-state index in [1.807, 2.05) is 0 Å². The average Bonchev–Trinajstić information content (AvgIpc) is 2.53. The minimum absolute atomic E-state index is 0.170. The molecule has 0 fully saturated rings. The minimum atomic E-state index is -4.92. The fourth-order valence-electron chi connectivity index (χ4n) is 1.79. The second-order valence-corrected chi connectivity index (χ2v) is 4.38. The van der Waals surface area contributed by atoms with E-state index < -0.39 is 29.0 Å². The Hall–Kier alpha value is -3.46. The molecule has 0 aliphatic heterocycles. The van der Waals surface area contributed by atoms with Gasteiger partial charge >= 0.3 is 12.0 Å². The summed E-state index contributed by atoms with van der Waals surface area (Å²) in [7, 11) is 0. The van der Waals surface area contributed by atoms with E-state index in [4.69, 9.17) is 11.8 Å². The highest BCUT2D eigenvalue weighted by atomic mass is 19.4. The summed E-state index contributed by atoms with van der Waals surface area (Å²) < 4.78 is 51.4. The number of aromatic nitrogens is 1. The normalized spacial score (nSPS) is 11.7. The van der Waals surface area contributed by atoms with Crippen molar-refractivity contribution in [2.75, 3.05) is 0 Å². The first kappa shape index (κ1) is 16.9. The highest BCUT2D eigenvalue weighted by molar-refractivity contribution is 6.14. The first-order valence-corrected chi connectivity index (χ1v) is 6.19. The standard InChI is InChI=1S/C15H6F4N4O/c1-21-14-13(24)9(4-5-22-14)12(7-20)23-8-2-3-11(16)10(6-8)15(17,18)19/h2-6,24H. The number of aromatic hydroxyl groups is 1. The highest BCUT2D eigenvalue weighted by Gasteiger charge is 2.34. The summed E-state index contributed by atoms with van der Waals surface area (Å²) in [5, 5.41) is 19.0. The predicted octanol–water partition coefficient (Wildman–Crippen LogP) is 4.14. The van der Waals surface area contributed by atoms with E-state index >= 15 is 0 Å². The molecule has 1 aromatic carbocycles. The van der Waals surface area contributed by atoms with Crippen LogP contribution in [0.5, 0.6) is 5.75 Å². The van der Waals surface area contributed by atoms with Crippen molar-refractivity contribution in [3.8, 4) is 11.8 Å². The molecule has 0 radical (unpaired) electrons. The first-order valence-electron chi connectivity index (χ1n) is 6.19. The Kier molecular flexibility index (Phi) is 4.47. The SMILES string of the molecule is [C-]#[N+]c1nccc(C(C#N)=Nc2ccc(F)c(C(F)(F)F)c2)c1O. The van der Waals surface area contributed by atoms with Gasteiger partial charge in [0.15, 0.2) is 11.5 Å². The molecule has 1 N–H and O–H groups in total. The van der Waals surface area contributed by atoms with E-state index in [9.17, 15) is 22.7 Å². The number of aliphatic imine (C=N–C) groups is 1. The predicted molar refractivity (Wildman–Crippen MR) is 75.4 cm³/mol. The summed E-state index contributed by atoms with van der Waals surface area (Å²) in [6.07, 6.45) is -3.78. The largest absolute Gasteiger partial charge is 0.517 e. The average molecular weight is 334 g/mol. The van der Waals surface area contributed by atoms with E-state index in [1.165, 1.54) is 6.07 Å². The lowest BCUT2D eigenvalue weighted by Gasteiger charge is -2.08. The van der Waals surface area contributed by atoms with Crippen LogP contribution in [0.2, 0.25) is 0 Å². The topological polar surface area (TPSA) is 73.6 Å². The zero-order valence-electron chi connectivity index (χ0n) is 11.6. The number of halogens is 4. The Labute approximate surface area is 133 Å². The minimum Gasteiger partial charge on any atom is -0.517 e. The van der Waals surface area contributed by atoms with Crippen LogP contribution in [0.25, 0.3) is 4.85 Å². The molecule has 24 heavy (non-hydrogen) atoms. The molecular weight excluding hydrogens is 328 g/mol. The van der Waals surface area contributed by atoms with Gasteiger partial charge in [0.2, 0.25) is 0 Å². The van der Waals surface area contributed by atoms with Crippen LogP contribution in [0.4, 0.5) is 29.1 Å². The molecule has 2 rings (SSSR count). The van der Waals surface area contributed by atoms with Crippen LogP contribution in [0.1, 0.15) is 11.1 Å². The van der Waals surface area contributed by atoms with Gasteiger partial charge in [-0.15, -0.1) is 4.98 Å². The smallest absolute Gasteiger partial charge is 0.419 e. The number of nitriles is 1. The lowest BCUT2D eigenvalue weighted by Crippen LogP contribution is -2.07. The molecule has 0 saturated heterocycles. The second kappa shape index (κ2) is 6.34. The first-order chi connectivity index (χ1) is 11.3. The Balaban J connectivity index is 2.58. The third-order valence-electron chi connectivity index (χ3n) is 2.87. The van der Waals surface area contributed by atoms with Crippen molar-refractivity contribution in [1.29, 1.82) is 5.26 Å². The quantitative estimate of drug-likeness (QED) is 0.509. The molecule has 9 heteroatoms. The molecule has 5 nitrogen and oxygen atoms in total. The molecule has 0 amide bonds. The van der Waals surface area contributed by atoms with Crippen molar-refractivity contribution in [2.24, 2.45) is 4.99 Å². The molecule has 1 aromatic heterocycles. The van der Waals surface area contributed by atoms with Gasteiger partial charge in [-0.25, -0.2) is 9.38 Å². The van der Waals surface area contributed by atoms with E-state index in [0.29, 0.717) is 12.1 Å². The number of rotatable bonds is 2. The zero-order chi connectivity index (χ0) is 17.9. The lowest BCUT2D eigenvalue weighted by atomic mass is 10.1. The van der Waals surface area contributed by atoms with E-state index in [-0.39, 0.29) is 17.1 Å². The third kappa shape index (κ3) is 3.31. The Bertz CT molecular complexity index is 907. The molecule has 2 aromatic rings. The van der Waals surface area contributed by atoms with Crippen LogP contribution in [0.3, 0.4) is 0 Å². The summed E-state index contributed by atoms with van der Waals surface area (Å²) in [5.74, 6) is -2.47. The van der Waals surface area contributed by atoms with Gasteiger partial charge in [-0.3, -0.25) is 0 Å². The molecule has 0 spiro atoms. The number of hydrogen-bond donors (Lipinski definition) is 1. The van der Waals surface area contributed by atoms with Gasteiger partial charge in [0.25, 0.3) is 0 Å². The van der Waals surface area contributed by atoms with Gasteiger partial charge in [0.05, 0.1) is 11.3 Å². The van der Waals surface area contributed by atoms with Crippen LogP contribution in [0.15, 0.2) is 35.5 Å². The summed E-state index contributed by atoms with van der Waals surface area (Å²) in [6, 6.07) is 4.77. The van der Waals surface area contributed by atoms with Gasteiger partial charge in [-0.05, 0) is 24.3 Å². The van der Waals surface area contributed by atoms with Crippen LogP contribution >= 0.6 is 0 Å². The second-order valence-electron chi connectivity index (χ2n) is 4.38. The Morgan fingerprint density at radius 1 is 1.33 bits per heavy atom. The highest BCUT2D eigenvalue weighted by Crippen LogP contribution is 2.34. The van der Waals surface area contributed by atoms with Crippen LogP contribution in [-0.2, 0) is 6.18 Å². The maximum Gasteiger partial charge on any atom is 0.419 e. The fraction of sp³-hybridized carbons (Fsp3) is 0.0667. The lowest BCUT2D eigenvalue weighted by molar-refractivity contribution is -0.139. The van der Waals surface area contributed by atoms with E-state index in [0.717, 1.165) is 12.3 Å². The molecule has 0 saturated carbocycles. The maximum absolute atomic E-state index is 13.3. The monoisotopic (exact) mass is 334 g/mol. The van der Waals surface area contributed by atoms with Gasteiger partial charge in [0, 0.05) is 5.56 Å². The summed E-state index contributed by atoms with van der Waals surface area (Å²) >= 11 is 0. The zero-order valence-corrected chi connectivity index (χ0v) is 11.6. The van der Waals surface area contributed by atoms with Gasteiger partial charge < -0.3 is 9.95 Å². The Morgan fingerprint density at radius 3 is 2.62 bits per heavy atom. The third-order valence-corrected chi connectivity index (χ3v) is 2.87. The van der Waals surface area contributed by atoms with E-state index in [1.54, 1.807) is 6.07 Å².